The molecule has 2 aliphatic carbocycles. The van der Waals surface area contributed by atoms with E-state index in [4.69, 9.17) is 9.47 Å². The van der Waals surface area contributed by atoms with Gasteiger partial charge in [0.15, 0.2) is 0 Å². The molecule has 1 saturated heterocycles. The van der Waals surface area contributed by atoms with Crippen LogP contribution in [0.4, 0.5) is 0 Å². The first-order valence-corrected chi connectivity index (χ1v) is 7.69. The predicted octanol–water partition coefficient (Wildman–Crippen LogP) is 3.85. The quantitative estimate of drug-likeness (QED) is 0.652. The van der Waals surface area contributed by atoms with Gasteiger partial charge in [-0.15, -0.1) is 0 Å². The Hall–Kier alpha value is -0.0800. The highest BCUT2D eigenvalue weighted by molar-refractivity contribution is 5.03. The van der Waals surface area contributed by atoms with Crippen molar-refractivity contribution in [3.63, 3.8) is 0 Å². The number of hydrogen-bond acceptors (Lipinski definition) is 2. The molecule has 0 spiro atoms. The third-order valence-corrected chi connectivity index (χ3v) is 6.31. The molecule has 2 saturated carbocycles. The summed E-state index contributed by atoms with van der Waals surface area (Å²) >= 11 is 0. The first kappa shape index (κ1) is 12.9. The Bertz CT molecular complexity index is 312. The van der Waals surface area contributed by atoms with Gasteiger partial charge >= 0.3 is 0 Å². The molecule has 3 aliphatic rings. The van der Waals surface area contributed by atoms with E-state index in [1.807, 2.05) is 0 Å². The van der Waals surface area contributed by atoms with Gasteiger partial charge in [-0.25, -0.2) is 0 Å². The topological polar surface area (TPSA) is 18.5 Å². The van der Waals surface area contributed by atoms with Gasteiger partial charge in [0.2, 0.25) is 0 Å². The normalized spacial score (nSPS) is 47.8. The van der Waals surface area contributed by atoms with Crippen LogP contribution in [0.2, 0.25) is 0 Å². The Kier molecular flexibility index (Phi) is 3.22. The molecular weight excluding hydrogens is 224 g/mol. The molecule has 1 aliphatic heterocycles. The highest BCUT2D eigenvalue weighted by atomic mass is 16.7. The third kappa shape index (κ3) is 1.92. The van der Waals surface area contributed by atoms with Crippen LogP contribution in [-0.2, 0) is 9.47 Å². The molecule has 0 radical (unpaired) electrons. The van der Waals surface area contributed by atoms with Crippen LogP contribution in [0.25, 0.3) is 0 Å². The van der Waals surface area contributed by atoms with Crippen molar-refractivity contribution >= 4 is 0 Å². The molecule has 0 amide bonds. The largest absolute Gasteiger partial charge is 0.355 e. The summed E-state index contributed by atoms with van der Waals surface area (Å²) in [6.07, 6.45) is 6.93. The lowest BCUT2D eigenvalue weighted by molar-refractivity contribution is -0.111. The summed E-state index contributed by atoms with van der Waals surface area (Å²) in [4.78, 5) is 0. The highest BCUT2D eigenvalue weighted by Gasteiger charge is 2.54. The summed E-state index contributed by atoms with van der Waals surface area (Å²) in [5, 5.41) is 0. The van der Waals surface area contributed by atoms with Crippen LogP contribution < -0.4 is 0 Å². The minimum atomic E-state index is 0.484. The highest BCUT2D eigenvalue weighted by Crippen LogP contribution is 2.61. The van der Waals surface area contributed by atoms with Gasteiger partial charge in [-0.05, 0) is 54.3 Å². The maximum Gasteiger partial charge on any atom is 0.146 e. The molecule has 18 heavy (non-hydrogen) atoms. The zero-order valence-corrected chi connectivity index (χ0v) is 12.2. The van der Waals surface area contributed by atoms with E-state index in [0.717, 1.165) is 31.0 Å². The lowest BCUT2D eigenvalue weighted by Gasteiger charge is -2.59. The van der Waals surface area contributed by atoms with E-state index in [1.54, 1.807) is 0 Å². The number of ether oxygens (including phenoxy) is 2. The van der Waals surface area contributed by atoms with Crippen LogP contribution in [0.5, 0.6) is 0 Å². The minimum absolute atomic E-state index is 0.484. The average molecular weight is 252 g/mol. The number of fused-ring (bicyclic) bond motifs is 3. The summed E-state index contributed by atoms with van der Waals surface area (Å²) < 4.78 is 11.3. The molecule has 3 rings (SSSR count). The molecule has 2 heteroatoms. The average Bonchev–Trinajstić information content (AvgIpc) is 2.53. The predicted molar refractivity (Wildman–Crippen MR) is 72.2 cm³/mol. The minimum Gasteiger partial charge on any atom is -0.355 e. The Morgan fingerprint density at radius 3 is 2.56 bits per heavy atom. The van der Waals surface area contributed by atoms with Crippen LogP contribution in [0.3, 0.4) is 0 Å². The molecule has 0 unspecified atom stereocenters. The summed E-state index contributed by atoms with van der Waals surface area (Å²) in [6.45, 7) is 9.88. The maximum atomic E-state index is 5.72. The molecule has 2 nitrogen and oxygen atoms in total. The van der Waals surface area contributed by atoms with Crippen LogP contribution >= 0.6 is 0 Å². The molecule has 4 atom stereocenters. The SMILES string of the molecule is CC1(C)CCC[C@]2(C)[C@H]3COCOC[C@H]3CC[C@@H]12. The monoisotopic (exact) mass is 252 g/mol. The third-order valence-electron chi connectivity index (χ3n) is 6.31. The van der Waals surface area contributed by atoms with Crippen LogP contribution in [0.15, 0.2) is 0 Å². The van der Waals surface area contributed by atoms with E-state index in [9.17, 15) is 0 Å². The molecular formula is C16H28O2. The lowest BCUT2D eigenvalue weighted by Crippen LogP contribution is -2.53. The van der Waals surface area contributed by atoms with E-state index in [2.05, 4.69) is 20.8 Å². The van der Waals surface area contributed by atoms with Crippen molar-refractivity contribution in [3.8, 4) is 0 Å². The fourth-order valence-corrected chi connectivity index (χ4v) is 5.41. The van der Waals surface area contributed by atoms with Crippen LogP contribution in [0, 0.1) is 28.6 Å². The van der Waals surface area contributed by atoms with Crippen molar-refractivity contribution in [3.05, 3.63) is 0 Å². The molecule has 104 valence electrons. The van der Waals surface area contributed by atoms with Crippen molar-refractivity contribution in [2.24, 2.45) is 28.6 Å². The second kappa shape index (κ2) is 4.49. The summed E-state index contributed by atoms with van der Waals surface area (Å²) in [6, 6.07) is 0. The van der Waals surface area contributed by atoms with Gasteiger partial charge in [0.25, 0.3) is 0 Å². The zero-order chi connectivity index (χ0) is 12.8. The fraction of sp³-hybridized carbons (Fsp3) is 1.00. The van der Waals surface area contributed by atoms with Gasteiger partial charge in [0.1, 0.15) is 6.79 Å². The zero-order valence-electron chi connectivity index (χ0n) is 12.2. The van der Waals surface area contributed by atoms with Crippen molar-refractivity contribution < 1.29 is 9.47 Å². The second-order valence-electron chi connectivity index (χ2n) is 7.70. The van der Waals surface area contributed by atoms with Crippen LogP contribution in [-0.4, -0.2) is 20.0 Å². The van der Waals surface area contributed by atoms with E-state index in [-0.39, 0.29) is 0 Å². The molecule has 1 heterocycles. The molecule has 0 aromatic heterocycles. The Morgan fingerprint density at radius 1 is 0.944 bits per heavy atom. The second-order valence-corrected chi connectivity index (χ2v) is 7.70. The van der Waals surface area contributed by atoms with Gasteiger partial charge in [-0.2, -0.15) is 0 Å². The number of rotatable bonds is 0. The number of hydrogen-bond donors (Lipinski definition) is 0. The molecule has 0 N–H and O–H groups in total. The van der Waals surface area contributed by atoms with Gasteiger partial charge in [-0.3, -0.25) is 0 Å². The summed E-state index contributed by atoms with van der Waals surface area (Å²) in [7, 11) is 0. The molecule has 3 fully saturated rings. The summed E-state index contributed by atoms with van der Waals surface area (Å²) in [5.74, 6) is 2.34. The van der Waals surface area contributed by atoms with E-state index >= 15 is 0 Å². The first-order chi connectivity index (χ1) is 8.54. The Labute approximate surface area is 111 Å². The van der Waals surface area contributed by atoms with Gasteiger partial charge < -0.3 is 9.47 Å². The fourth-order valence-electron chi connectivity index (χ4n) is 5.41. The van der Waals surface area contributed by atoms with Gasteiger partial charge in [-0.1, -0.05) is 27.2 Å². The van der Waals surface area contributed by atoms with Crippen molar-refractivity contribution in [2.45, 2.75) is 52.9 Å². The van der Waals surface area contributed by atoms with Crippen molar-refractivity contribution in [1.29, 1.82) is 0 Å². The Morgan fingerprint density at radius 2 is 1.72 bits per heavy atom. The van der Waals surface area contributed by atoms with Crippen molar-refractivity contribution in [1.82, 2.24) is 0 Å². The Balaban J connectivity index is 1.90. The molecule has 0 bridgehead atoms. The molecule has 0 aromatic rings. The summed E-state index contributed by atoms with van der Waals surface area (Å²) in [5.41, 5.74) is 1.00. The lowest BCUT2D eigenvalue weighted by atomic mass is 9.46. The molecule has 0 aromatic carbocycles. The van der Waals surface area contributed by atoms with Crippen LogP contribution in [0.1, 0.15) is 52.9 Å². The van der Waals surface area contributed by atoms with Gasteiger partial charge in [0, 0.05) is 0 Å². The van der Waals surface area contributed by atoms with E-state index in [1.165, 1.54) is 32.1 Å². The van der Waals surface area contributed by atoms with E-state index < -0.39 is 0 Å². The smallest absolute Gasteiger partial charge is 0.146 e. The van der Waals surface area contributed by atoms with Crippen molar-refractivity contribution in [2.75, 3.05) is 20.0 Å². The van der Waals surface area contributed by atoms with Gasteiger partial charge in [0.05, 0.1) is 13.2 Å². The standard InChI is InChI=1S/C16H28O2/c1-15(2)7-4-8-16(3)13-10-18-11-17-9-12(13)5-6-14(15)16/h12-14H,4-11H2,1-3H3/t12-,13+,14+,16-/m1/s1. The maximum absolute atomic E-state index is 5.72. The first-order valence-electron chi connectivity index (χ1n) is 7.69. The van der Waals surface area contributed by atoms with E-state index in [0.29, 0.717) is 17.6 Å².